The molecular weight excluding hydrogens is 444 g/mol. The van der Waals surface area contributed by atoms with E-state index in [1.54, 1.807) is 17.4 Å². The van der Waals surface area contributed by atoms with Crippen molar-refractivity contribution in [2.45, 2.75) is 51.2 Å². The van der Waals surface area contributed by atoms with E-state index in [0.717, 1.165) is 21.7 Å². The molecule has 2 aliphatic rings. The smallest absolute Gasteiger partial charge is 0.256 e. The molecule has 6 nitrogen and oxygen atoms in total. The number of nitrogens with zero attached hydrogens (tertiary/aromatic N) is 1. The minimum atomic E-state index is -0.205. The number of fused-ring (bicyclic) bond motifs is 1. The summed E-state index contributed by atoms with van der Waals surface area (Å²) in [4.78, 5) is 31.1. The second kappa shape index (κ2) is 10.2. The number of hydrogen-bond acceptors (Lipinski definition) is 5. The number of thiophene rings is 1. The summed E-state index contributed by atoms with van der Waals surface area (Å²) in [6.45, 7) is 0.989. The molecule has 3 aromatic rings. The predicted octanol–water partition coefficient (Wildman–Crippen LogP) is 5.11. The third-order valence-corrected chi connectivity index (χ3v) is 7.27. The van der Waals surface area contributed by atoms with E-state index in [1.165, 1.54) is 32.1 Å². The van der Waals surface area contributed by atoms with Gasteiger partial charge in [0.25, 0.3) is 11.8 Å². The van der Waals surface area contributed by atoms with E-state index >= 15 is 0 Å². The molecule has 7 heteroatoms. The predicted molar refractivity (Wildman–Crippen MR) is 137 cm³/mol. The van der Waals surface area contributed by atoms with Gasteiger partial charge in [0.2, 0.25) is 0 Å². The van der Waals surface area contributed by atoms with Gasteiger partial charge in [-0.05, 0) is 66.2 Å². The monoisotopic (exact) mass is 472 g/mol. The van der Waals surface area contributed by atoms with Crippen LogP contribution in [0.4, 0.5) is 5.69 Å². The largest absolute Gasteiger partial charge is 0.382 e. The SMILES string of the molecule is O=C(NCc1cccs1)c1ccc2c(c1)C(NC(=O)c1ccc(NC3CCCCC3)cc1)=NC2. The van der Waals surface area contributed by atoms with Crippen molar-refractivity contribution in [3.8, 4) is 0 Å². The molecule has 1 fully saturated rings. The Morgan fingerprint density at radius 1 is 0.941 bits per heavy atom. The number of benzene rings is 2. The molecule has 2 heterocycles. The Kier molecular flexibility index (Phi) is 6.72. The van der Waals surface area contributed by atoms with Crippen molar-refractivity contribution in [2.75, 3.05) is 5.32 Å². The highest BCUT2D eigenvalue weighted by Crippen LogP contribution is 2.23. The molecule has 1 aromatic heterocycles. The fourth-order valence-corrected chi connectivity index (χ4v) is 5.14. The Morgan fingerprint density at radius 3 is 2.50 bits per heavy atom. The molecule has 2 aromatic carbocycles. The van der Waals surface area contributed by atoms with Gasteiger partial charge < -0.3 is 16.0 Å². The summed E-state index contributed by atoms with van der Waals surface area (Å²) in [5.41, 5.74) is 3.97. The number of carbonyl (C=O) groups excluding carboxylic acids is 2. The number of anilines is 1. The van der Waals surface area contributed by atoms with E-state index in [2.05, 4.69) is 20.9 Å². The molecule has 34 heavy (non-hydrogen) atoms. The van der Waals surface area contributed by atoms with Crippen LogP contribution in [-0.2, 0) is 13.1 Å². The standard InChI is InChI=1S/C27H28N4O2S/c32-26(29-17-23-7-4-14-34-23)19-8-9-20-16-28-25(24(20)15-19)31-27(33)18-10-12-22(13-11-18)30-21-5-2-1-3-6-21/h4,7-15,21,30H,1-3,5-6,16-17H2,(H,29,32)(H,28,31,33). The van der Waals surface area contributed by atoms with E-state index in [1.807, 2.05) is 53.9 Å². The van der Waals surface area contributed by atoms with Gasteiger partial charge in [0.05, 0.1) is 13.1 Å². The second-order valence-electron chi connectivity index (χ2n) is 8.81. The molecular formula is C27H28N4O2S. The number of amidine groups is 1. The van der Waals surface area contributed by atoms with Crippen molar-refractivity contribution >= 4 is 34.7 Å². The number of nitrogens with one attached hydrogen (secondary N) is 3. The molecule has 0 bridgehead atoms. The third-order valence-electron chi connectivity index (χ3n) is 6.39. The molecule has 2 amide bonds. The molecule has 0 unspecified atom stereocenters. The zero-order chi connectivity index (χ0) is 23.3. The van der Waals surface area contributed by atoms with Crippen molar-refractivity contribution in [1.29, 1.82) is 0 Å². The summed E-state index contributed by atoms with van der Waals surface area (Å²) in [7, 11) is 0. The lowest BCUT2D eigenvalue weighted by atomic mass is 9.95. The number of amides is 2. The Bertz CT molecular complexity index is 1200. The van der Waals surface area contributed by atoms with Gasteiger partial charge in [-0.2, -0.15) is 0 Å². The van der Waals surface area contributed by atoms with Gasteiger partial charge in [-0.15, -0.1) is 11.3 Å². The molecule has 1 saturated carbocycles. The van der Waals surface area contributed by atoms with E-state index in [0.29, 0.717) is 36.1 Å². The first kappa shape index (κ1) is 22.3. The van der Waals surface area contributed by atoms with Crippen LogP contribution in [0.15, 0.2) is 65.0 Å². The Balaban J connectivity index is 1.21. The van der Waals surface area contributed by atoms with Crippen molar-refractivity contribution in [2.24, 2.45) is 4.99 Å². The molecule has 0 saturated heterocycles. The highest BCUT2D eigenvalue weighted by Gasteiger charge is 2.21. The summed E-state index contributed by atoms with van der Waals surface area (Å²) in [5.74, 6) is 0.163. The minimum absolute atomic E-state index is 0.144. The van der Waals surface area contributed by atoms with Crippen LogP contribution in [0.25, 0.3) is 0 Å². The summed E-state index contributed by atoms with van der Waals surface area (Å²) in [5, 5.41) is 11.4. The van der Waals surface area contributed by atoms with Gasteiger partial charge in [0, 0.05) is 33.3 Å². The Morgan fingerprint density at radius 2 is 1.74 bits per heavy atom. The van der Waals surface area contributed by atoms with E-state index in [4.69, 9.17) is 0 Å². The van der Waals surface area contributed by atoms with Gasteiger partial charge in [0.1, 0.15) is 5.84 Å². The van der Waals surface area contributed by atoms with Crippen molar-refractivity contribution in [3.63, 3.8) is 0 Å². The topological polar surface area (TPSA) is 82.6 Å². The van der Waals surface area contributed by atoms with Crippen molar-refractivity contribution in [3.05, 3.63) is 87.1 Å². The lowest BCUT2D eigenvalue weighted by molar-refractivity contribution is 0.0949. The molecule has 1 aliphatic carbocycles. The van der Waals surface area contributed by atoms with Gasteiger partial charge in [0.15, 0.2) is 0 Å². The average Bonchev–Trinajstić information content (AvgIpc) is 3.53. The lowest BCUT2D eigenvalue weighted by Crippen LogP contribution is -2.31. The second-order valence-corrected chi connectivity index (χ2v) is 9.84. The highest BCUT2D eigenvalue weighted by molar-refractivity contribution is 7.09. The van der Waals surface area contributed by atoms with Crippen molar-refractivity contribution in [1.82, 2.24) is 10.6 Å². The maximum absolute atomic E-state index is 12.9. The first-order chi connectivity index (χ1) is 16.7. The van der Waals surface area contributed by atoms with Gasteiger partial charge in [-0.3, -0.25) is 14.6 Å². The van der Waals surface area contributed by atoms with Crippen LogP contribution in [0.1, 0.15) is 68.8 Å². The van der Waals surface area contributed by atoms with E-state index < -0.39 is 0 Å². The zero-order valence-corrected chi connectivity index (χ0v) is 19.8. The fourth-order valence-electron chi connectivity index (χ4n) is 4.50. The molecule has 3 N–H and O–H groups in total. The molecule has 0 spiro atoms. The summed E-state index contributed by atoms with van der Waals surface area (Å²) >= 11 is 1.61. The van der Waals surface area contributed by atoms with Crippen LogP contribution < -0.4 is 16.0 Å². The summed E-state index contributed by atoms with van der Waals surface area (Å²) in [6.07, 6.45) is 6.29. The molecule has 5 rings (SSSR count). The van der Waals surface area contributed by atoms with Crippen LogP contribution in [-0.4, -0.2) is 23.7 Å². The molecule has 0 atom stereocenters. The third kappa shape index (κ3) is 5.20. The zero-order valence-electron chi connectivity index (χ0n) is 19.0. The Hall–Kier alpha value is -3.45. The number of hydrogen-bond donors (Lipinski definition) is 3. The van der Waals surface area contributed by atoms with Crippen LogP contribution in [0.5, 0.6) is 0 Å². The molecule has 0 radical (unpaired) electrons. The molecule has 1 aliphatic heterocycles. The normalized spacial score (nSPS) is 15.4. The van der Waals surface area contributed by atoms with Gasteiger partial charge in [-0.25, -0.2) is 0 Å². The number of rotatable bonds is 6. The average molecular weight is 473 g/mol. The quantitative estimate of drug-likeness (QED) is 0.466. The van der Waals surface area contributed by atoms with E-state index in [-0.39, 0.29) is 11.8 Å². The lowest BCUT2D eigenvalue weighted by Gasteiger charge is -2.23. The first-order valence-electron chi connectivity index (χ1n) is 11.8. The fraction of sp³-hybridized carbons (Fsp3) is 0.296. The van der Waals surface area contributed by atoms with E-state index in [9.17, 15) is 9.59 Å². The van der Waals surface area contributed by atoms with Crippen LogP contribution in [0.2, 0.25) is 0 Å². The number of carbonyl (C=O) groups is 2. The van der Waals surface area contributed by atoms with Crippen LogP contribution >= 0.6 is 11.3 Å². The maximum atomic E-state index is 12.9. The minimum Gasteiger partial charge on any atom is -0.382 e. The van der Waals surface area contributed by atoms with Crippen LogP contribution in [0, 0.1) is 0 Å². The molecule has 174 valence electrons. The Labute approximate surface area is 203 Å². The van der Waals surface area contributed by atoms with Crippen LogP contribution in [0.3, 0.4) is 0 Å². The maximum Gasteiger partial charge on any atom is 0.256 e. The number of aliphatic imine (C=N–C) groups is 1. The summed E-state index contributed by atoms with van der Waals surface area (Å²) < 4.78 is 0. The van der Waals surface area contributed by atoms with Crippen molar-refractivity contribution < 1.29 is 9.59 Å². The van der Waals surface area contributed by atoms with Gasteiger partial charge in [-0.1, -0.05) is 31.4 Å². The summed E-state index contributed by atoms with van der Waals surface area (Å²) in [6, 6.07) is 17.6. The first-order valence-corrected chi connectivity index (χ1v) is 12.7. The van der Waals surface area contributed by atoms with Gasteiger partial charge >= 0.3 is 0 Å². The highest BCUT2D eigenvalue weighted by atomic mass is 32.1.